The predicted molar refractivity (Wildman–Crippen MR) is 67.4 cm³/mol. The van der Waals surface area contributed by atoms with Crippen LogP contribution in [0.15, 0.2) is 42.5 Å². The molecule has 0 amide bonds. The molecule has 0 N–H and O–H groups in total. The van der Waals surface area contributed by atoms with Gasteiger partial charge in [0.25, 0.3) is 0 Å². The summed E-state index contributed by atoms with van der Waals surface area (Å²) in [6.07, 6.45) is -4.52. The number of nitriles is 2. The lowest BCUT2D eigenvalue weighted by molar-refractivity contribution is -0.137. The van der Waals surface area contributed by atoms with Gasteiger partial charge in [0.1, 0.15) is 17.6 Å². The molecule has 0 bridgehead atoms. The van der Waals surface area contributed by atoms with E-state index in [9.17, 15) is 13.2 Å². The molecule has 104 valence electrons. The summed E-state index contributed by atoms with van der Waals surface area (Å²) >= 11 is 0. The minimum atomic E-state index is -4.52. The molecule has 0 saturated heterocycles. The van der Waals surface area contributed by atoms with Crippen molar-refractivity contribution in [3.05, 3.63) is 59.2 Å². The van der Waals surface area contributed by atoms with Gasteiger partial charge in [-0.2, -0.15) is 23.7 Å². The van der Waals surface area contributed by atoms with Gasteiger partial charge in [-0.05, 0) is 42.5 Å². The second-order valence-corrected chi connectivity index (χ2v) is 4.06. The summed E-state index contributed by atoms with van der Waals surface area (Å²) in [5, 5.41) is 17.6. The molecule has 3 nitrogen and oxygen atoms in total. The fraction of sp³-hybridized carbons (Fsp3) is 0.0667. The minimum Gasteiger partial charge on any atom is -0.456 e. The van der Waals surface area contributed by atoms with Crippen molar-refractivity contribution in [2.24, 2.45) is 0 Å². The van der Waals surface area contributed by atoms with Crippen molar-refractivity contribution < 1.29 is 17.9 Å². The van der Waals surface area contributed by atoms with Crippen molar-refractivity contribution in [2.45, 2.75) is 6.18 Å². The Bertz CT molecular complexity index is 737. The second-order valence-electron chi connectivity index (χ2n) is 4.06. The van der Waals surface area contributed by atoms with E-state index < -0.39 is 11.7 Å². The number of nitrogens with zero attached hydrogens (tertiary/aromatic N) is 2. The van der Waals surface area contributed by atoms with Gasteiger partial charge in [-0.15, -0.1) is 0 Å². The van der Waals surface area contributed by atoms with Crippen molar-refractivity contribution in [1.82, 2.24) is 0 Å². The molecular weight excluding hydrogens is 281 g/mol. The average molecular weight is 288 g/mol. The summed E-state index contributed by atoms with van der Waals surface area (Å²) in [5.41, 5.74) is -0.698. The first-order chi connectivity index (χ1) is 9.94. The highest BCUT2D eigenvalue weighted by molar-refractivity contribution is 5.48. The van der Waals surface area contributed by atoms with Gasteiger partial charge in [0, 0.05) is 0 Å². The molecule has 0 radical (unpaired) electrons. The third-order valence-electron chi connectivity index (χ3n) is 2.64. The number of ether oxygens (including phenoxy) is 1. The van der Waals surface area contributed by atoms with E-state index >= 15 is 0 Å². The van der Waals surface area contributed by atoms with Crippen LogP contribution in [0.25, 0.3) is 0 Å². The highest BCUT2D eigenvalue weighted by atomic mass is 19.4. The van der Waals surface area contributed by atoms with Crippen LogP contribution in [0, 0.1) is 22.7 Å². The Morgan fingerprint density at radius 1 is 0.905 bits per heavy atom. The first-order valence-corrected chi connectivity index (χ1v) is 5.73. The van der Waals surface area contributed by atoms with Crippen molar-refractivity contribution in [1.29, 1.82) is 10.5 Å². The molecule has 2 aromatic carbocycles. The zero-order valence-electron chi connectivity index (χ0n) is 10.5. The third-order valence-corrected chi connectivity index (χ3v) is 2.64. The van der Waals surface area contributed by atoms with Gasteiger partial charge in [-0.25, -0.2) is 0 Å². The highest BCUT2D eigenvalue weighted by Crippen LogP contribution is 2.33. The standard InChI is InChI=1S/C15H7F3N2O/c16-15(17,18)12-3-6-14(11(7-12)9-20)21-13-4-1-10(8-19)2-5-13/h1-7H. The molecule has 0 spiro atoms. The van der Waals surface area contributed by atoms with E-state index in [2.05, 4.69) is 0 Å². The summed E-state index contributed by atoms with van der Waals surface area (Å²) in [7, 11) is 0. The van der Waals surface area contributed by atoms with Crippen LogP contribution in [-0.2, 0) is 6.18 Å². The van der Waals surface area contributed by atoms with Gasteiger partial charge < -0.3 is 4.74 Å². The van der Waals surface area contributed by atoms with E-state index in [4.69, 9.17) is 15.3 Å². The number of hydrogen-bond donors (Lipinski definition) is 0. The van der Waals surface area contributed by atoms with Crippen molar-refractivity contribution in [3.63, 3.8) is 0 Å². The van der Waals surface area contributed by atoms with Crippen LogP contribution in [0.2, 0.25) is 0 Å². The number of hydrogen-bond acceptors (Lipinski definition) is 3. The van der Waals surface area contributed by atoms with E-state index in [1.807, 2.05) is 6.07 Å². The minimum absolute atomic E-state index is 0.0233. The Morgan fingerprint density at radius 3 is 2.10 bits per heavy atom. The van der Waals surface area contributed by atoms with Gasteiger partial charge in [-0.1, -0.05) is 0 Å². The van der Waals surface area contributed by atoms with E-state index in [1.54, 1.807) is 6.07 Å². The van der Waals surface area contributed by atoms with Gasteiger partial charge in [0.2, 0.25) is 0 Å². The molecule has 0 aromatic heterocycles. The maximum absolute atomic E-state index is 12.6. The Labute approximate surface area is 118 Å². The maximum Gasteiger partial charge on any atom is 0.416 e. The van der Waals surface area contributed by atoms with Crippen LogP contribution in [-0.4, -0.2) is 0 Å². The quantitative estimate of drug-likeness (QED) is 0.830. The van der Waals surface area contributed by atoms with Crippen LogP contribution in [0.4, 0.5) is 13.2 Å². The van der Waals surface area contributed by atoms with Gasteiger partial charge >= 0.3 is 6.18 Å². The SMILES string of the molecule is N#Cc1ccc(Oc2ccc(C(F)(F)F)cc2C#N)cc1. The molecule has 0 fully saturated rings. The van der Waals surface area contributed by atoms with Gasteiger partial charge in [0.05, 0.1) is 22.8 Å². The van der Waals surface area contributed by atoms with Crippen LogP contribution in [0.1, 0.15) is 16.7 Å². The van der Waals surface area contributed by atoms with E-state index in [0.717, 1.165) is 18.2 Å². The normalized spacial score (nSPS) is 10.5. The second kappa shape index (κ2) is 5.56. The molecule has 6 heteroatoms. The largest absolute Gasteiger partial charge is 0.456 e. The summed E-state index contributed by atoms with van der Waals surface area (Å²) in [4.78, 5) is 0. The molecule has 2 aromatic rings. The molecule has 0 saturated carbocycles. The maximum atomic E-state index is 12.6. The lowest BCUT2D eigenvalue weighted by Gasteiger charge is -2.11. The molecule has 0 aliphatic carbocycles. The van der Waals surface area contributed by atoms with Crippen molar-refractivity contribution in [3.8, 4) is 23.6 Å². The molecule has 0 aliphatic heterocycles. The number of halogens is 3. The van der Waals surface area contributed by atoms with Crippen LogP contribution in [0.5, 0.6) is 11.5 Å². The first kappa shape index (κ1) is 14.4. The Balaban J connectivity index is 2.32. The van der Waals surface area contributed by atoms with E-state index in [-0.39, 0.29) is 11.3 Å². The molecule has 0 atom stereocenters. The van der Waals surface area contributed by atoms with E-state index in [0.29, 0.717) is 11.3 Å². The number of alkyl halides is 3. The van der Waals surface area contributed by atoms with Crippen LogP contribution < -0.4 is 4.74 Å². The third kappa shape index (κ3) is 3.31. The molecule has 0 heterocycles. The fourth-order valence-corrected chi connectivity index (χ4v) is 1.61. The highest BCUT2D eigenvalue weighted by Gasteiger charge is 2.31. The smallest absolute Gasteiger partial charge is 0.416 e. The monoisotopic (exact) mass is 288 g/mol. The molecule has 0 unspecified atom stereocenters. The van der Waals surface area contributed by atoms with Crippen LogP contribution >= 0.6 is 0 Å². The number of rotatable bonds is 2. The van der Waals surface area contributed by atoms with Crippen LogP contribution in [0.3, 0.4) is 0 Å². The first-order valence-electron chi connectivity index (χ1n) is 5.73. The van der Waals surface area contributed by atoms with Gasteiger partial charge in [0.15, 0.2) is 0 Å². The predicted octanol–water partition coefficient (Wildman–Crippen LogP) is 4.24. The lowest BCUT2D eigenvalue weighted by atomic mass is 10.1. The zero-order chi connectivity index (χ0) is 15.5. The molecule has 0 aliphatic rings. The Hall–Kier alpha value is -2.99. The Morgan fingerprint density at radius 2 is 1.57 bits per heavy atom. The van der Waals surface area contributed by atoms with Crippen molar-refractivity contribution in [2.75, 3.05) is 0 Å². The van der Waals surface area contributed by atoms with E-state index in [1.165, 1.54) is 24.3 Å². The summed E-state index contributed by atoms with van der Waals surface area (Å²) in [6, 6.07) is 12.3. The lowest BCUT2D eigenvalue weighted by Crippen LogP contribution is -2.05. The summed E-state index contributed by atoms with van der Waals surface area (Å²) < 4.78 is 43.1. The summed E-state index contributed by atoms with van der Waals surface area (Å²) in [5.74, 6) is 0.348. The fourth-order valence-electron chi connectivity index (χ4n) is 1.61. The molecule has 21 heavy (non-hydrogen) atoms. The average Bonchev–Trinajstić information content (AvgIpc) is 2.47. The topological polar surface area (TPSA) is 56.8 Å². The molecular formula is C15H7F3N2O. The number of benzene rings is 2. The van der Waals surface area contributed by atoms with Crippen molar-refractivity contribution >= 4 is 0 Å². The summed E-state index contributed by atoms with van der Waals surface area (Å²) in [6.45, 7) is 0. The zero-order valence-corrected chi connectivity index (χ0v) is 10.5. The Kier molecular flexibility index (Phi) is 3.82. The van der Waals surface area contributed by atoms with Gasteiger partial charge in [-0.3, -0.25) is 0 Å². The molecule has 2 rings (SSSR count).